The van der Waals surface area contributed by atoms with Crippen LogP contribution >= 0.6 is 0 Å². The van der Waals surface area contributed by atoms with Crippen LogP contribution < -0.4 is 5.32 Å². The Kier molecular flexibility index (Phi) is 5.84. The summed E-state index contributed by atoms with van der Waals surface area (Å²) in [5.41, 5.74) is 1.70. The molecular weight excluding hydrogens is 310 g/mol. The molecule has 2 rings (SSSR count). The fourth-order valence-corrected chi connectivity index (χ4v) is 4.40. The average molecular weight is 337 g/mol. The van der Waals surface area contributed by atoms with E-state index in [2.05, 4.69) is 12.2 Å². The highest BCUT2D eigenvalue weighted by molar-refractivity contribution is 7.92. The first-order valence-electron chi connectivity index (χ1n) is 8.36. The molecule has 4 nitrogen and oxygen atoms in total. The van der Waals surface area contributed by atoms with Gasteiger partial charge in [-0.15, -0.1) is 0 Å². The van der Waals surface area contributed by atoms with Crippen molar-refractivity contribution in [3.8, 4) is 0 Å². The summed E-state index contributed by atoms with van der Waals surface area (Å²) >= 11 is 0. The number of rotatable bonds is 5. The minimum Gasteiger partial charge on any atom is -0.352 e. The quantitative estimate of drug-likeness (QED) is 0.898. The first-order chi connectivity index (χ1) is 10.8. The number of hydrogen-bond donors (Lipinski definition) is 1. The van der Waals surface area contributed by atoms with E-state index in [1.807, 2.05) is 25.1 Å². The van der Waals surface area contributed by atoms with E-state index >= 15 is 0 Å². The van der Waals surface area contributed by atoms with Crippen molar-refractivity contribution in [3.05, 3.63) is 35.4 Å². The van der Waals surface area contributed by atoms with Gasteiger partial charge in [-0.1, -0.05) is 31.2 Å². The minimum atomic E-state index is -3.51. The average Bonchev–Trinajstić information content (AvgIpc) is 2.51. The number of sulfone groups is 1. The van der Waals surface area contributed by atoms with E-state index in [1.165, 1.54) is 6.92 Å². The van der Waals surface area contributed by atoms with Gasteiger partial charge in [-0.3, -0.25) is 4.79 Å². The van der Waals surface area contributed by atoms with E-state index in [-0.39, 0.29) is 17.7 Å². The summed E-state index contributed by atoms with van der Waals surface area (Å²) in [6.45, 7) is 5.60. The van der Waals surface area contributed by atoms with Crippen molar-refractivity contribution in [1.29, 1.82) is 0 Å². The Hall–Kier alpha value is -1.36. The predicted octanol–water partition coefficient (Wildman–Crippen LogP) is 2.99. The number of amides is 1. The summed E-state index contributed by atoms with van der Waals surface area (Å²) in [6, 6.07) is 7.52. The Morgan fingerprint density at radius 1 is 1.22 bits per heavy atom. The lowest BCUT2D eigenvalue weighted by molar-refractivity contribution is -0.121. The van der Waals surface area contributed by atoms with Crippen molar-refractivity contribution in [2.24, 2.45) is 5.92 Å². The molecule has 5 heteroatoms. The molecule has 0 bridgehead atoms. The fourth-order valence-electron chi connectivity index (χ4n) is 3.00. The number of hydrogen-bond acceptors (Lipinski definition) is 3. The maximum Gasteiger partial charge on any atom is 0.238 e. The van der Waals surface area contributed by atoms with Gasteiger partial charge in [-0.05, 0) is 56.6 Å². The number of nitrogens with one attached hydrogen (secondary N) is 1. The monoisotopic (exact) mass is 337 g/mol. The Morgan fingerprint density at radius 2 is 1.83 bits per heavy atom. The van der Waals surface area contributed by atoms with Crippen molar-refractivity contribution in [2.75, 3.05) is 0 Å². The van der Waals surface area contributed by atoms with Crippen molar-refractivity contribution in [3.63, 3.8) is 0 Å². The molecule has 1 aromatic carbocycles. The number of carbonyl (C=O) groups excluding carboxylic acids is 1. The molecule has 23 heavy (non-hydrogen) atoms. The van der Waals surface area contributed by atoms with Crippen LogP contribution in [0.5, 0.6) is 0 Å². The molecule has 1 aromatic rings. The second-order valence-corrected chi connectivity index (χ2v) is 9.16. The molecule has 0 aliphatic heterocycles. The first-order valence-corrected chi connectivity index (χ1v) is 10.1. The summed E-state index contributed by atoms with van der Waals surface area (Å²) in [6.07, 6.45) is 4.07. The molecule has 0 aromatic heterocycles. The third-order valence-corrected chi connectivity index (χ3v) is 6.89. The Bertz CT molecular complexity index is 646. The summed E-state index contributed by atoms with van der Waals surface area (Å²) in [4.78, 5) is 12.3. The van der Waals surface area contributed by atoms with Crippen LogP contribution in [0.4, 0.5) is 0 Å². The molecule has 1 fully saturated rings. The molecule has 0 heterocycles. The van der Waals surface area contributed by atoms with E-state index in [0.717, 1.165) is 36.8 Å². The van der Waals surface area contributed by atoms with Crippen LogP contribution in [0.2, 0.25) is 0 Å². The normalized spacial score (nSPS) is 23.3. The van der Waals surface area contributed by atoms with E-state index in [9.17, 15) is 13.2 Å². The van der Waals surface area contributed by atoms with Gasteiger partial charge in [0, 0.05) is 6.04 Å². The molecule has 1 atom stereocenters. The smallest absolute Gasteiger partial charge is 0.238 e. The van der Waals surface area contributed by atoms with Gasteiger partial charge in [0.1, 0.15) is 5.25 Å². The third-order valence-electron chi connectivity index (χ3n) is 4.89. The maximum atomic E-state index is 12.5. The van der Waals surface area contributed by atoms with Gasteiger partial charge in [0.25, 0.3) is 0 Å². The van der Waals surface area contributed by atoms with E-state index in [4.69, 9.17) is 0 Å². The van der Waals surface area contributed by atoms with E-state index < -0.39 is 15.1 Å². The molecule has 0 spiro atoms. The highest BCUT2D eigenvalue weighted by Crippen LogP contribution is 2.24. The van der Waals surface area contributed by atoms with Gasteiger partial charge in [0.2, 0.25) is 5.91 Å². The predicted molar refractivity (Wildman–Crippen MR) is 92.8 cm³/mol. The van der Waals surface area contributed by atoms with Crippen LogP contribution in [0, 0.1) is 12.8 Å². The van der Waals surface area contributed by atoms with Crippen LogP contribution in [-0.2, 0) is 20.4 Å². The highest BCUT2D eigenvalue weighted by atomic mass is 32.2. The zero-order valence-electron chi connectivity index (χ0n) is 14.2. The molecule has 128 valence electrons. The second kappa shape index (κ2) is 7.47. The molecule has 0 radical (unpaired) electrons. The summed E-state index contributed by atoms with van der Waals surface area (Å²) in [5.74, 6) is 0.249. The van der Waals surface area contributed by atoms with Gasteiger partial charge >= 0.3 is 0 Å². The van der Waals surface area contributed by atoms with Gasteiger partial charge in [-0.2, -0.15) is 0 Å². The standard InChI is InChI=1S/C18H27NO3S/c1-13-8-10-17(11-9-13)19-18(20)15(3)23(21,22)12-16-7-5-4-6-14(16)2/h4-7,13,15,17H,8-12H2,1-3H3,(H,19,20)/t13?,15-,17?/m1/s1. The zero-order chi connectivity index (χ0) is 17.0. The van der Waals surface area contributed by atoms with Crippen LogP contribution in [0.3, 0.4) is 0 Å². The van der Waals surface area contributed by atoms with Crippen LogP contribution in [0.15, 0.2) is 24.3 Å². The number of aryl methyl sites for hydroxylation is 1. The molecule has 0 unspecified atom stereocenters. The highest BCUT2D eigenvalue weighted by Gasteiger charge is 2.30. The Labute approximate surface area is 139 Å². The van der Waals surface area contributed by atoms with Crippen molar-refractivity contribution in [2.45, 2.75) is 63.5 Å². The maximum absolute atomic E-state index is 12.5. The summed E-state index contributed by atoms with van der Waals surface area (Å²) in [5, 5.41) is 1.92. The topological polar surface area (TPSA) is 63.2 Å². The Balaban J connectivity index is 1.99. The third kappa shape index (κ3) is 4.80. The molecule has 1 N–H and O–H groups in total. The van der Waals surface area contributed by atoms with Crippen LogP contribution in [0.25, 0.3) is 0 Å². The Morgan fingerprint density at radius 3 is 2.43 bits per heavy atom. The van der Waals surface area contributed by atoms with Gasteiger partial charge in [-0.25, -0.2) is 8.42 Å². The number of carbonyl (C=O) groups is 1. The van der Waals surface area contributed by atoms with Gasteiger partial charge < -0.3 is 5.32 Å². The molecule has 1 amide bonds. The SMILES string of the molecule is Cc1ccccc1CS(=O)(=O)[C@H](C)C(=O)NC1CCC(C)CC1. The van der Waals surface area contributed by atoms with E-state index in [0.29, 0.717) is 5.92 Å². The van der Waals surface area contributed by atoms with Crippen molar-refractivity contribution < 1.29 is 13.2 Å². The number of benzene rings is 1. The first kappa shape index (κ1) is 18.0. The molecule has 1 aliphatic carbocycles. The van der Waals surface area contributed by atoms with Gasteiger partial charge in [0.15, 0.2) is 9.84 Å². The molecule has 1 saturated carbocycles. The largest absolute Gasteiger partial charge is 0.352 e. The minimum absolute atomic E-state index is 0.0873. The second-order valence-electron chi connectivity index (χ2n) is 6.84. The van der Waals surface area contributed by atoms with Crippen LogP contribution in [0.1, 0.15) is 50.7 Å². The van der Waals surface area contributed by atoms with Crippen molar-refractivity contribution >= 4 is 15.7 Å². The summed E-state index contributed by atoms with van der Waals surface area (Å²) < 4.78 is 25.1. The van der Waals surface area contributed by atoms with Crippen LogP contribution in [-0.4, -0.2) is 25.6 Å². The van der Waals surface area contributed by atoms with E-state index in [1.54, 1.807) is 6.07 Å². The lowest BCUT2D eigenvalue weighted by atomic mass is 9.87. The molecular formula is C18H27NO3S. The van der Waals surface area contributed by atoms with Gasteiger partial charge in [0.05, 0.1) is 5.75 Å². The lowest BCUT2D eigenvalue weighted by Crippen LogP contribution is -2.44. The lowest BCUT2D eigenvalue weighted by Gasteiger charge is -2.28. The van der Waals surface area contributed by atoms with Crippen molar-refractivity contribution in [1.82, 2.24) is 5.32 Å². The summed E-state index contributed by atoms with van der Waals surface area (Å²) in [7, 11) is -3.51. The fraction of sp³-hybridized carbons (Fsp3) is 0.611. The molecule has 0 saturated heterocycles. The zero-order valence-corrected chi connectivity index (χ0v) is 15.0. The molecule has 1 aliphatic rings.